The molecule has 0 atom stereocenters. The fraction of sp³-hybridized carbons (Fsp3) is 0.174. The van der Waals surface area contributed by atoms with Gasteiger partial charge in [0.2, 0.25) is 0 Å². The quantitative estimate of drug-likeness (QED) is 0.640. The van der Waals surface area contributed by atoms with E-state index in [9.17, 15) is 4.79 Å². The first-order chi connectivity index (χ1) is 13.6. The number of nitrogens with one attached hydrogen (secondary N) is 1. The molecule has 0 aliphatic rings. The lowest BCUT2D eigenvalue weighted by atomic mass is 10.1. The van der Waals surface area contributed by atoms with Crippen molar-refractivity contribution in [2.24, 2.45) is 0 Å². The molecule has 0 aliphatic heterocycles. The van der Waals surface area contributed by atoms with Gasteiger partial charge in [0.05, 0.1) is 14.2 Å². The highest BCUT2D eigenvalue weighted by atomic mass is 16.5. The van der Waals surface area contributed by atoms with Crippen LogP contribution in [-0.4, -0.2) is 20.1 Å². The first kappa shape index (κ1) is 19.3. The summed E-state index contributed by atoms with van der Waals surface area (Å²) in [4.78, 5) is 12.7. The van der Waals surface area contributed by atoms with Gasteiger partial charge in [-0.15, -0.1) is 0 Å². The summed E-state index contributed by atoms with van der Waals surface area (Å²) in [6.45, 7) is 2.22. The van der Waals surface area contributed by atoms with Crippen LogP contribution in [0.25, 0.3) is 0 Å². The monoisotopic (exact) mass is 377 g/mol. The summed E-state index contributed by atoms with van der Waals surface area (Å²) in [5.74, 6) is 1.88. The van der Waals surface area contributed by atoms with Crippen LogP contribution in [0.4, 0.5) is 5.69 Å². The van der Waals surface area contributed by atoms with Gasteiger partial charge in [0.15, 0.2) is 0 Å². The summed E-state index contributed by atoms with van der Waals surface area (Å²) in [7, 11) is 3.20. The van der Waals surface area contributed by atoms with Gasteiger partial charge in [0.25, 0.3) is 5.91 Å². The summed E-state index contributed by atoms with van der Waals surface area (Å²) >= 11 is 0. The second-order valence-electron chi connectivity index (χ2n) is 6.26. The molecule has 0 heterocycles. The zero-order valence-corrected chi connectivity index (χ0v) is 16.2. The van der Waals surface area contributed by atoms with Gasteiger partial charge in [-0.3, -0.25) is 4.79 Å². The van der Waals surface area contributed by atoms with Gasteiger partial charge in [0, 0.05) is 22.9 Å². The van der Waals surface area contributed by atoms with E-state index in [1.54, 1.807) is 38.5 Å². The Hall–Kier alpha value is -3.47. The smallest absolute Gasteiger partial charge is 0.255 e. The first-order valence-electron chi connectivity index (χ1n) is 8.91. The summed E-state index contributed by atoms with van der Waals surface area (Å²) in [5, 5.41) is 2.94. The summed E-state index contributed by atoms with van der Waals surface area (Å²) in [6, 6.07) is 20.3. The molecule has 0 bridgehead atoms. The van der Waals surface area contributed by atoms with Gasteiger partial charge in [-0.25, -0.2) is 0 Å². The molecule has 1 amide bonds. The molecule has 0 aromatic heterocycles. The molecule has 0 saturated heterocycles. The number of rotatable bonds is 7. The van der Waals surface area contributed by atoms with Gasteiger partial charge in [-0.2, -0.15) is 0 Å². The Labute approximate surface area is 164 Å². The molecule has 3 rings (SSSR count). The lowest BCUT2D eigenvalue weighted by Crippen LogP contribution is -2.13. The minimum atomic E-state index is -0.181. The molecule has 5 nitrogen and oxygen atoms in total. The van der Waals surface area contributed by atoms with Crippen molar-refractivity contribution < 1.29 is 19.0 Å². The van der Waals surface area contributed by atoms with Crippen molar-refractivity contribution >= 4 is 11.6 Å². The van der Waals surface area contributed by atoms with Crippen molar-refractivity contribution in [1.29, 1.82) is 0 Å². The molecule has 0 aliphatic carbocycles. The second kappa shape index (κ2) is 8.95. The Morgan fingerprint density at radius 2 is 1.68 bits per heavy atom. The highest BCUT2D eigenvalue weighted by molar-refractivity contribution is 6.04. The molecule has 28 heavy (non-hydrogen) atoms. The molecular weight excluding hydrogens is 354 g/mol. The van der Waals surface area contributed by atoms with Crippen LogP contribution in [0.3, 0.4) is 0 Å². The van der Waals surface area contributed by atoms with Crippen molar-refractivity contribution in [3.05, 3.63) is 83.4 Å². The molecule has 0 unspecified atom stereocenters. The van der Waals surface area contributed by atoms with Crippen LogP contribution < -0.4 is 19.5 Å². The van der Waals surface area contributed by atoms with Crippen molar-refractivity contribution in [2.75, 3.05) is 19.5 Å². The average Bonchev–Trinajstić information content (AvgIpc) is 2.73. The lowest BCUT2D eigenvalue weighted by molar-refractivity contribution is 0.102. The maximum absolute atomic E-state index is 12.7. The van der Waals surface area contributed by atoms with Crippen molar-refractivity contribution in [2.45, 2.75) is 13.5 Å². The van der Waals surface area contributed by atoms with Gasteiger partial charge in [-0.05, 0) is 48.9 Å². The third-order valence-electron chi connectivity index (χ3n) is 4.37. The highest BCUT2D eigenvalue weighted by Gasteiger charge is 2.12. The van der Waals surface area contributed by atoms with E-state index in [1.807, 2.05) is 49.4 Å². The Morgan fingerprint density at radius 1 is 0.893 bits per heavy atom. The van der Waals surface area contributed by atoms with E-state index in [0.717, 1.165) is 22.6 Å². The van der Waals surface area contributed by atoms with Crippen molar-refractivity contribution in [1.82, 2.24) is 0 Å². The van der Waals surface area contributed by atoms with E-state index in [1.165, 1.54) is 0 Å². The third-order valence-corrected chi connectivity index (χ3v) is 4.37. The molecule has 1 N–H and O–H groups in total. The highest BCUT2D eigenvalue weighted by Crippen LogP contribution is 2.25. The molecule has 5 heteroatoms. The standard InChI is InChI=1S/C23H23NO4/c1-16-7-4-5-10-21(16)24-23(25)17-11-12-22(27-3)18(13-17)15-28-20-9-6-8-19(14-20)26-2/h4-14H,15H2,1-3H3,(H,24,25). The van der Waals surface area contributed by atoms with Crippen LogP contribution >= 0.6 is 0 Å². The third kappa shape index (κ3) is 4.62. The first-order valence-corrected chi connectivity index (χ1v) is 8.91. The molecule has 0 fully saturated rings. The molecule has 0 radical (unpaired) electrons. The van der Waals surface area contributed by atoms with E-state index >= 15 is 0 Å². The van der Waals surface area contributed by atoms with Gasteiger partial charge in [-0.1, -0.05) is 24.3 Å². The molecule has 0 saturated carbocycles. The Bertz CT molecular complexity index is 968. The number of benzene rings is 3. The fourth-order valence-corrected chi connectivity index (χ4v) is 2.79. The maximum Gasteiger partial charge on any atom is 0.255 e. The minimum absolute atomic E-state index is 0.181. The lowest BCUT2D eigenvalue weighted by Gasteiger charge is -2.13. The molecule has 144 valence electrons. The van der Waals surface area contributed by atoms with Gasteiger partial charge in [0.1, 0.15) is 23.9 Å². The Kier molecular flexibility index (Phi) is 6.17. The molecule has 0 spiro atoms. The zero-order valence-electron chi connectivity index (χ0n) is 16.2. The van der Waals surface area contributed by atoms with Gasteiger partial charge < -0.3 is 19.5 Å². The molecule has 3 aromatic carbocycles. The predicted molar refractivity (Wildman–Crippen MR) is 109 cm³/mol. The number of methoxy groups -OCH3 is 2. The number of hydrogen-bond acceptors (Lipinski definition) is 4. The Balaban J connectivity index is 1.77. The molecule has 3 aromatic rings. The largest absolute Gasteiger partial charge is 0.497 e. The number of carbonyl (C=O) groups excluding carboxylic acids is 1. The van der Waals surface area contributed by atoms with E-state index in [-0.39, 0.29) is 12.5 Å². The zero-order chi connectivity index (χ0) is 19.9. The maximum atomic E-state index is 12.7. The number of ether oxygens (including phenoxy) is 3. The SMILES string of the molecule is COc1cccc(OCc2cc(C(=O)Nc3ccccc3C)ccc2OC)c1. The van der Waals surface area contributed by atoms with Crippen LogP contribution in [0.1, 0.15) is 21.5 Å². The number of carbonyl (C=O) groups is 1. The van der Waals surface area contributed by atoms with E-state index in [2.05, 4.69) is 5.32 Å². The number of amides is 1. The van der Waals surface area contributed by atoms with Crippen molar-refractivity contribution in [3.63, 3.8) is 0 Å². The van der Waals surface area contributed by atoms with E-state index < -0.39 is 0 Å². The topological polar surface area (TPSA) is 56.8 Å². The van der Waals surface area contributed by atoms with Crippen LogP contribution in [0.5, 0.6) is 17.2 Å². The normalized spacial score (nSPS) is 10.2. The predicted octanol–water partition coefficient (Wildman–Crippen LogP) is 4.84. The Morgan fingerprint density at radius 3 is 2.43 bits per heavy atom. The second-order valence-corrected chi connectivity index (χ2v) is 6.26. The van der Waals surface area contributed by atoms with Crippen molar-refractivity contribution in [3.8, 4) is 17.2 Å². The fourth-order valence-electron chi connectivity index (χ4n) is 2.79. The summed E-state index contributed by atoms with van der Waals surface area (Å²) in [6.07, 6.45) is 0. The van der Waals surface area contributed by atoms with E-state index in [4.69, 9.17) is 14.2 Å². The number of hydrogen-bond donors (Lipinski definition) is 1. The number of para-hydroxylation sites is 1. The van der Waals surface area contributed by atoms with Crippen LogP contribution in [0.15, 0.2) is 66.7 Å². The summed E-state index contributed by atoms with van der Waals surface area (Å²) < 4.78 is 16.5. The number of aryl methyl sites for hydroxylation is 1. The van der Waals surface area contributed by atoms with Crippen LogP contribution in [0.2, 0.25) is 0 Å². The average molecular weight is 377 g/mol. The minimum Gasteiger partial charge on any atom is -0.497 e. The van der Waals surface area contributed by atoms with Gasteiger partial charge >= 0.3 is 0 Å². The van der Waals surface area contributed by atoms with Crippen LogP contribution in [-0.2, 0) is 6.61 Å². The van der Waals surface area contributed by atoms with E-state index in [0.29, 0.717) is 17.1 Å². The number of anilines is 1. The summed E-state index contributed by atoms with van der Waals surface area (Å²) in [5.41, 5.74) is 3.11. The van der Waals surface area contributed by atoms with Crippen LogP contribution in [0, 0.1) is 6.92 Å². The molecular formula is C23H23NO4.